The summed E-state index contributed by atoms with van der Waals surface area (Å²) in [6.07, 6.45) is 0. The van der Waals surface area contributed by atoms with Gasteiger partial charge in [-0.25, -0.2) is 4.79 Å². The fourth-order valence-corrected chi connectivity index (χ4v) is 3.09. The number of esters is 1. The molecule has 0 aromatic heterocycles. The predicted octanol–water partition coefficient (Wildman–Crippen LogP) is 3.63. The molecule has 108 valence electrons. The average molecular weight is 282 g/mol. The Kier molecular flexibility index (Phi) is 3.10. The van der Waals surface area contributed by atoms with Crippen LogP contribution in [0.3, 0.4) is 0 Å². The first-order chi connectivity index (χ1) is 9.99. The van der Waals surface area contributed by atoms with Crippen molar-refractivity contribution >= 4 is 5.97 Å². The number of aryl methyl sites for hydroxylation is 3. The van der Waals surface area contributed by atoms with Crippen LogP contribution in [0.1, 0.15) is 38.2 Å². The molecule has 2 aromatic rings. The number of hydrogen-bond acceptors (Lipinski definition) is 3. The average Bonchev–Trinajstić information content (AvgIpc) is 2.74. The smallest absolute Gasteiger partial charge is 0.341 e. The normalized spacial score (nSPS) is 20.3. The molecule has 0 fully saturated rings. The topological polar surface area (TPSA) is 35.5 Å². The SMILES string of the molecule is COC1(c2ccc(C)cc2C)OC(=O)c2c(C)cccc21. The Hall–Kier alpha value is -2.13. The van der Waals surface area contributed by atoms with Crippen LogP contribution in [-0.4, -0.2) is 13.1 Å². The first-order valence-electron chi connectivity index (χ1n) is 6.96. The lowest BCUT2D eigenvalue weighted by atomic mass is 9.90. The molecular weight excluding hydrogens is 264 g/mol. The van der Waals surface area contributed by atoms with E-state index in [0.29, 0.717) is 5.56 Å². The summed E-state index contributed by atoms with van der Waals surface area (Å²) in [7, 11) is 1.57. The summed E-state index contributed by atoms with van der Waals surface area (Å²) in [5.41, 5.74) is 5.37. The van der Waals surface area contributed by atoms with Gasteiger partial charge in [-0.3, -0.25) is 0 Å². The molecule has 1 heterocycles. The van der Waals surface area contributed by atoms with Crippen molar-refractivity contribution in [2.45, 2.75) is 26.6 Å². The molecular formula is C18H18O3. The Morgan fingerprint density at radius 2 is 1.76 bits per heavy atom. The van der Waals surface area contributed by atoms with Crippen LogP contribution in [0.2, 0.25) is 0 Å². The van der Waals surface area contributed by atoms with Gasteiger partial charge in [0.2, 0.25) is 0 Å². The van der Waals surface area contributed by atoms with Crippen molar-refractivity contribution < 1.29 is 14.3 Å². The maximum atomic E-state index is 12.3. The van der Waals surface area contributed by atoms with E-state index in [9.17, 15) is 4.79 Å². The van der Waals surface area contributed by atoms with Crippen LogP contribution in [0, 0.1) is 20.8 Å². The Balaban J connectivity index is 2.29. The van der Waals surface area contributed by atoms with Crippen LogP contribution in [0.4, 0.5) is 0 Å². The highest BCUT2D eigenvalue weighted by molar-refractivity contribution is 5.96. The highest BCUT2D eigenvalue weighted by Gasteiger charge is 2.49. The maximum absolute atomic E-state index is 12.3. The highest BCUT2D eigenvalue weighted by atomic mass is 16.7. The summed E-state index contributed by atoms with van der Waals surface area (Å²) in [6, 6.07) is 11.8. The fourth-order valence-electron chi connectivity index (χ4n) is 3.09. The minimum Gasteiger partial charge on any atom is -0.420 e. The van der Waals surface area contributed by atoms with Crippen LogP contribution in [0.25, 0.3) is 0 Å². The van der Waals surface area contributed by atoms with Crippen LogP contribution in [0.5, 0.6) is 0 Å². The first kappa shape index (κ1) is 13.8. The lowest BCUT2D eigenvalue weighted by molar-refractivity contribution is -0.155. The second-order valence-corrected chi connectivity index (χ2v) is 5.53. The highest BCUT2D eigenvalue weighted by Crippen LogP contribution is 2.44. The second-order valence-electron chi connectivity index (χ2n) is 5.53. The van der Waals surface area contributed by atoms with Crippen LogP contribution < -0.4 is 0 Å². The molecule has 0 bridgehead atoms. The number of carbonyl (C=O) groups is 1. The van der Waals surface area contributed by atoms with Gasteiger partial charge >= 0.3 is 5.97 Å². The van der Waals surface area contributed by atoms with Crippen LogP contribution in [0.15, 0.2) is 36.4 Å². The van der Waals surface area contributed by atoms with E-state index in [1.54, 1.807) is 7.11 Å². The molecule has 1 atom stereocenters. The minimum absolute atomic E-state index is 0.329. The molecule has 0 saturated carbocycles. The van der Waals surface area contributed by atoms with Crippen molar-refractivity contribution in [3.8, 4) is 0 Å². The van der Waals surface area contributed by atoms with Gasteiger partial charge in [-0.05, 0) is 31.9 Å². The molecule has 3 heteroatoms. The van der Waals surface area contributed by atoms with Gasteiger partial charge in [0.1, 0.15) is 0 Å². The lowest BCUT2D eigenvalue weighted by Crippen LogP contribution is -2.31. The largest absolute Gasteiger partial charge is 0.420 e. The van der Waals surface area contributed by atoms with Gasteiger partial charge in [0.25, 0.3) is 5.79 Å². The van der Waals surface area contributed by atoms with E-state index < -0.39 is 5.79 Å². The van der Waals surface area contributed by atoms with E-state index in [0.717, 1.165) is 27.8 Å². The third-order valence-electron chi connectivity index (χ3n) is 4.09. The molecule has 2 aromatic carbocycles. The van der Waals surface area contributed by atoms with Gasteiger partial charge in [-0.2, -0.15) is 0 Å². The van der Waals surface area contributed by atoms with Crippen molar-refractivity contribution in [3.63, 3.8) is 0 Å². The number of methoxy groups -OCH3 is 1. The quantitative estimate of drug-likeness (QED) is 0.789. The Labute approximate surface area is 124 Å². The fraction of sp³-hybridized carbons (Fsp3) is 0.278. The maximum Gasteiger partial charge on any atom is 0.341 e. The van der Waals surface area contributed by atoms with Gasteiger partial charge < -0.3 is 9.47 Å². The standard InChI is InChI=1S/C18H18O3/c1-11-8-9-14(13(3)10-11)18(20-4)15-7-5-6-12(2)16(15)17(19)21-18/h5-10H,1-4H3. The summed E-state index contributed by atoms with van der Waals surface area (Å²) >= 11 is 0. The van der Waals surface area contributed by atoms with E-state index in [-0.39, 0.29) is 5.97 Å². The number of hydrogen-bond donors (Lipinski definition) is 0. The van der Waals surface area contributed by atoms with Crippen molar-refractivity contribution in [3.05, 3.63) is 69.8 Å². The van der Waals surface area contributed by atoms with Gasteiger partial charge in [-0.15, -0.1) is 0 Å². The van der Waals surface area contributed by atoms with E-state index >= 15 is 0 Å². The third-order valence-corrected chi connectivity index (χ3v) is 4.09. The third kappa shape index (κ3) is 1.88. The molecule has 0 aliphatic carbocycles. The van der Waals surface area contributed by atoms with Gasteiger partial charge in [-0.1, -0.05) is 42.0 Å². The number of ether oxygens (including phenoxy) is 2. The summed E-state index contributed by atoms with van der Waals surface area (Å²) in [5, 5.41) is 0. The molecule has 0 spiro atoms. The predicted molar refractivity (Wildman–Crippen MR) is 80.3 cm³/mol. The molecule has 1 aliphatic rings. The summed E-state index contributed by atoms with van der Waals surface area (Å²) in [6.45, 7) is 5.95. The van der Waals surface area contributed by atoms with Crippen molar-refractivity contribution in [2.75, 3.05) is 7.11 Å². The van der Waals surface area contributed by atoms with E-state index in [1.165, 1.54) is 0 Å². The molecule has 3 rings (SSSR count). The number of rotatable bonds is 2. The Morgan fingerprint density at radius 1 is 1.00 bits per heavy atom. The first-order valence-corrected chi connectivity index (χ1v) is 6.96. The Bertz CT molecular complexity index is 733. The molecule has 0 saturated heterocycles. The molecule has 21 heavy (non-hydrogen) atoms. The van der Waals surface area contributed by atoms with E-state index in [2.05, 4.69) is 6.07 Å². The zero-order valence-electron chi connectivity index (χ0n) is 12.7. The van der Waals surface area contributed by atoms with Crippen molar-refractivity contribution in [1.82, 2.24) is 0 Å². The number of benzene rings is 2. The summed E-state index contributed by atoms with van der Waals surface area (Å²) < 4.78 is 11.4. The second kappa shape index (κ2) is 4.71. The number of cyclic esters (lactones) is 1. The van der Waals surface area contributed by atoms with Gasteiger partial charge in [0, 0.05) is 18.2 Å². The molecule has 0 amide bonds. The summed E-state index contributed by atoms with van der Waals surface area (Å²) in [5.74, 6) is -1.47. The van der Waals surface area contributed by atoms with Crippen molar-refractivity contribution in [2.24, 2.45) is 0 Å². The minimum atomic E-state index is -1.14. The van der Waals surface area contributed by atoms with Crippen LogP contribution >= 0.6 is 0 Å². The molecule has 0 radical (unpaired) electrons. The molecule has 0 N–H and O–H groups in total. The molecule has 1 unspecified atom stereocenters. The lowest BCUT2D eigenvalue weighted by Gasteiger charge is -2.29. The zero-order valence-corrected chi connectivity index (χ0v) is 12.7. The van der Waals surface area contributed by atoms with Gasteiger partial charge in [0.05, 0.1) is 5.56 Å². The summed E-state index contributed by atoms with van der Waals surface area (Å²) in [4.78, 5) is 12.3. The van der Waals surface area contributed by atoms with Crippen LogP contribution in [-0.2, 0) is 15.3 Å². The monoisotopic (exact) mass is 282 g/mol. The van der Waals surface area contributed by atoms with Crippen molar-refractivity contribution in [1.29, 1.82) is 0 Å². The zero-order chi connectivity index (χ0) is 15.2. The number of carbonyl (C=O) groups excluding carboxylic acids is 1. The molecule has 1 aliphatic heterocycles. The van der Waals surface area contributed by atoms with E-state index in [4.69, 9.17) is 9.47 Å². The van der Waals surface area contributed by atoms with Gasteiger partial charge in [0.15, 0.2) is 0 Å². The Morgan fingerprint density at radius 3 is 2.43 bits per heavy atom. The number of fused-ring (bicyclic) bond motifs is 1. The molecule has 3 nitrogen and oxygen atoms in total. The van der Waals surface area contributed by atoms with E-state index in [1.807, 2.05) is 51.1 Å².